The summed E-state index contributed by atoms with van der Waals surface area (Å²) in [5.41, 5.74) is 0.685. The fourth-order valence-corrected chi connectivity index (χ4v) is 1.93. The number of aliphatic hydroxyl groups is 2. The quantitative estimate of drug-likeness (QED) is 0.634. The third kappa shape index (κ3) is 3.92. The van der Waals surface area contributed by atoms with E-state index in [9.17, 15) is 15.0 Å². The molecule has 3 unspecified atom stereocenters. The van der Waals surface area contributed by atoms with Crippen LogP contribution in [-0.4, -0.2) is 47.7 Å². The van der Waals surface area contributed by atoms with Crippen LogP contribution in [-0.2, 0) is 4.74 Å². The lowest BCUT2D eigenvalue weighted by Crippen LogP contribution is -2.50. The van der Waals surface area contributed by atoms with E-state index in [-0.39, 0.29) is 12.6 Å². The topological polar surface area (TPSA) is 90.8 Å². The van der Waals surface area contributed by atoms with E-state index in [0.29, 0.717) is 18.7 Å². The van der Waals surface area contributed by atoms with Gasteiger partial charge in [-0.1, -0.05) is 18.2 Å². The molecule has 1 aromatic rings. The molecular weight excluding hydrogens is 248 g/mol. The molecule has 1 aliphatic heterocycles. The van der Waals surface area contributed by atoms with Crippen molar-refractivity contribution in [1.29, 1.82) is 0 Å². The van der Waals surface area contributed by atoms with Crippen LogP contribution in [0.15, 0.2) is 30.3 Å². The van der Waals surface area contributed by atoms with E-state index in [2.05, 4.69) is 10.6 Å². The van der Waals surface area contributed by atoms with Gasteiger partial charge in [-0.05, 0) is 18.6 Å². The molecule has 2 amide bonds. The van der Waals surface area contributed by atoms with Gasteiger partial charge in [-0.25, -0.2) is 4.79 Å². The minimum absolute atomic E-state index is 0.150. The second-order valence-corrected chi connectivity index (χ2v) is 4.46. The van der Waals surface area contributed by atoms with Crippen molar-refractivity contribution in [1.82, 2.24) is 5.32 Å². The van der Waals surface area contributed by atoms with Gasteiger partial charge in [-0.15, -0.1) is 0 Å². The Hall–Kier alpha value is -1.63. The van der Waals surface area contributed by atoms with Gasteiger partial charge in [0.1, 0.15) is 12.2 Å². The molecule has 1 heterocycles. The maximum Gasteiger partial charge on any atom is 0.319 e. The van der Waals surface area contributed by atoms with Gasteiger partial charge >= 0.3 is 6.03 Å². The van der Waals surface area contributed by atoms with Gasteiger partial charge in [0, 0.05) is 18.8 Å². The lowest BCUT2D eigenvalue weighted by atomic mass is 10.0. The second kappa shape index (κ2) is 6.51. The number of hydrogen-bond acceptors (Lipinski definition) is 4. The minimum atomic E-state index is -0.967. The first kappa shape index (κ1) is 13.8. The van der Waals surface area contributed by atoms with E-state index >= 15 is 0 Å². The molecule has 1 saturated heterocycles. The molecule has 0 aromatic heterocycles. The van der Waals surface area contributed by atoms with Gasteiger partial charge in [0.15, 0.2) is 0 Å². The highest BCUT2D eigenvalue weighted by atomic mass is 16.5. The predicted molar refractivity (Wildman–Crippen MR) is 69.8 cm³/mol. The Bertz CT molecular complexity index is 412. The highest BCUT2D eigenvalue weighted by Crippen LogP contribution is 2.14. The molecule has 6 heteroatoms. The molecule has 6 nitrogen and oxygen atoms in total. The number of benzene rings is 1. The van der Waals surface area contributed by atoms with Gasteiger partial charge in [-0.2, -0.15) is 0 Å². The van der Waals surface area contributed by atoms with Crippen LogP contribution in [0.2, 0.25) is 0 Å². The Labute approximate surface area is 111 Å². The van der Waals surface area contributed by atoms with Crippen molar-refractivity contribution in [2.75, 3.05) is 18.5 Å². The molecule has 19 heavy (non-hydrogen) atoms. The first-order chi connectivity index (χ1) is 9.16. The van der Waals surface area contributed by atoms with E-state index in [4.69, 9.17) is 4.74 Å². The number of carbonyl (C=O) groups is 1. The average molecular weight is 266 g/mol. The molecule has 0 spiro atoms. The summed E-state index contributed by atoms with van der Waals surface area (Å²) in [6, 6.07) is 8.67. The third-order valence-corrected chi connectivity index (χ3v) is 3.02. The normalized spacial score (nSPS) is 26.7. The van der Waals surface area contributed by atoms with E-state index in [0.717, 1.165) is 0 Å². The molecule has 4 N–H and O–H groups in total. The maximum atomic E-state index is 11.6. The number of aliphatic hydroxyl groups excluding tert-OH is 2. The highest BCUT2D eigenvalue weighted by Gasteiger charge is 2.31. The fourth-order valence-electron chi connectivity index (χ4n) is 1.93. The van der Waals surface area contributed by atoms with E-state index in [1.54, 1.807) is 12.1 Å². The largest absolute Gasteiger partial charge is 0.390 e. The summed E-state index contributed by atoms with van der Waals surface area (Å²) in [6.07, 6.45) is -1.93. The van der Waals surface area contributed by atoms with Crippen LogP contribution in [0.5, 0.6) is 0 Å². The first-order valence-electron chi connectivity index (χ1n) is 6.24. The summed E-state index contributed by atoms with van der Waals surface area (Å²) in [5.74, 6) is 0. The Balaban J connectivity index is 1.77. The molecule has 1 fully saturated rings. The molecule has 0 radical (unpaired) electrons. The van der Waals surface area contributed by atoms with Gasteiger partial charge in [0.05, 0.1) is 6.10 Å². The van der Waals surface area contributed by atoms with Crippen molar-refractivity contribution in [2.45, 2.75) is 24.7 Å². The van der Waals surface area contributed by atoms with Crippen molar-refractivity contribution >= 4 is 11.7 Å². The fraction of sp³-hybridized carbons (Fsp3) is 0.462. The van der Waals surface area contributed by atoms with Crippen LogP contribution in [0.3, 0.4) is 0 Å². The van der Waals surface area contributed by atoms with Crippen molar-refractivity contribution in [3.63, 3.8) is 0 Å². The van der Waals surface area contributed by atoms with Crippen LogP contribution in [0.4, 0.5) is 10.5 Å². The van der Waals surface area contributed by atoms with Crippen LogP contribution >= 0.6 is 0 Å². The standard InChI is InChI=1S/C13H18N2O4/c16-10-6-7-19-11(12(10)17)8-14-13(18)15-9-4-2-1-3-5-9/h1-5,10-12,16-17H,6-8H2,(H2,14,15,18). The van der Waals surface area contributed by atoms with Crippen LogP contribution in [0.1, 0.15) is 6.42 Å². The van der Waals surface area contributed by atoms with Crippen LogP contribution < -0.4 is 10.6 Å². The highest BCUT2D eigenvalue weighted by molar-refractivity contribution is 5.89. The van der Waals surface area contributed by atoms with E-state index in [1.807, 2.05) is 18.2 Å². The molecule has 3 atom stereocenters. The minimum Gasteiger partial charge on any atom is -0.390 e. The smallest absolute Gasteiger partial charge is 0.319 e. The number of nitrogens with one attached hydrogen (secondary N) is 2. The summed E-state index contributed by atoms with van der Waals surface area (Å²) in [5, 5.41) is 24.4. The van der Waals surface area contributed by atoms with E-state index in [1.165, 1.54) is 0 Å². The van der Waals surface area contributed by atoms with Gasteiger partial charge in [0.25, 0.3) is 0 Å². The molecule has 0 saturated carbocycles. The summed E-state index contributed by atoms with van der Waals surface area (Å²) < 4.78 is 5.31. The van der Waals surface area contributed by atoms with Gasteiger partial charge in [-0.3, -0.25) is 0 Å². The predicted octanol–water partition coefficient (Wildman–Crippen LogP) is 0.319. The number of rotatable bonds is 3. The Morgan fingerprint density at radius 2 is 2.05 bits per heavy atom. The lowest BCUT2D eigenvalue weighted by molar-refractivity contribution is -0.131. The molecule has 1 aromatic carbocycles. The Kier molecular flexibility index (Phi) is 4.73. The SMILES string of the molecule is O=C(NCC1OCCC(O)C1O)Nc1ccccc1. The maximum absolute atomic E-state index is 11.6. The monoisotopic (exact) mass is 266 g/mol. The van der Waals surface area contributed by atoms with Gasteiger partial charge in [0.2, 0.25) is 0 Å². The Morgan fingerprint density at radius 1 is 1.32 bits per heavy atom. The summed E-state index contributed by atoms with van der Waals surface area (Å²) >= 11 is 0. The van der Waals surface area contributed by atoms with Crippen molar-refractivity contribution < 1.29 is 19.7 Å². The number of anilines is 1. The van der Waals surface area contributed by atoms with Crippen molar-refractivity contribution in [3.8, 4) is 0 Å². The van der Waals surface area contributed by atoms with Crippen molar-refractivity contribution in [2.24, 2.45) is 0 Å². The van der Waals surface area contributed by atoms with Crippen LogP contribution in [0.25, 0.3) is 0 Å². The molecular formula is C13H18N2O4. The van der Waals surface area contributed by atoms with E-state index < -0.39 is 18.3 Å². The zero-order chi connectivity index (χ0) is 13.7. The number of ether oxygens (including phenoxy) is 1. The number of para-hydroxylation sites is 1. The first-order valence-corrected chi connectivity index (χ1v) is 6.24. The number of carbonyl (C=O) groups excluding carboxylic acids is 1. The molecule has 1 aliphatic rings. The average Bonchev–Trinajstić information content (AvgIpc) is 2.42. The zero-order valence-electron chi connectivity index (χ0n) is 10.5. The number of amides is 2. The summed E-state index contributed by atoms with van der Waals surface area (Å²) in [7, 11) is 0. The summed E-state index contributed by atoms with van der Waals surface area (Å²) in [6.45, 7) is 0.530. The second-order valence-electron chi connectivity index (χ2n) is 4.46. The van der Waals surface area contributed by atoms with Gasteiger partial charge < -0.3 is 25.6 Å². The lowest BCUT2D eigenvalue weighted by Gasteiger charge is -2.32. The number of hydrogen-bond donors (Lipinski definition) is 4. The summed E-state index contributed by atoms with van der Waals surface area (Å²) in [4.78, 5) is 11.6. The zero-order valence-corrected chi connectivity index (χ0v) is 10.5. The number of urea groups is 1. The van der Waals surface area contributed by atoms with Crippen molar-refractivity contribution in [3.05, 3.63) is 30.3 Å². The molecule has 104 valence electrons. The Morgan fingerprint density at radius 3 is 2.79 bits per heavy atom. The molecule has 0 bridgehead atoms. The third-order valence-electron chi connectivity index (χ3n) is 3.02. The molecule has 2 rings (SSSR count). The molecule has 0 aliphatic carbocycles. The van der Waals surface area contributed by atoms with Crippen LogP contribution in [0, 0.1) is 0 Å².